The van der Waals surface area contributed by atoms with E-state index in [4.69, 9.17) is 5.73 Å². The zero-order valence-corrected chi connectivity index (χ0v) is 8.06. The van der Waals surface area contributed by atoms with Crippen LogP contribution in [0.25, 0.3) is 0 Å². The van der Waals surface area contributed by atoms with E-state index in [0.717, 1.165) is 12.8 Å². The Kier molecular flexibility index (Phi) is 2.37. The predicted octanol–water partition coefficient (Wildman–Crippen LogP) is 0.0727. The number of hydrogen-bond donors (Lipinski definition) is 2. The van der Waals surface area contributed by atoms with Crippen LogP contribution in [0.15, 0.2) is 18.3 Å². The van der Waals surface area contributed by atoms with Gasteiger partial charge in [-0.1, -0.05) is 0 Å². The molecule has 1 aromatic heterocycles. The Morgan fingerprint density at radius 1 is 1.47 bits per heavy atom. The molecule has 1 saturated carbocycles. The van der Waals surface area contributed by atoms with Crippen molar-refractivity contribution in [3.63, 3.8) is 0 Å². The van der Waals surface area contributed by atoms with Gasteiger partial charge in [-0.25, -0.2) is 0 Å². The minimum atomic E-state index is -0.684. The van der Waals surface area contributed by atoms with Crippen LogP contribution < -0.4 is 11.1 Å². The van der Waals surface area contributed by atoms with Gasteiger partial charge in [-0.2, -0.15) is 0 Å². The van der Waals surface area contributed by atoms with Crippen LogP contribution in [0.3, 0.4) is 0 Å². The summed E-state index contributed by atoms with van der Waals surface area (Å²) in [4.78, 5) is 26.5. The minimum Gasteiger partial charge on any atom is -0.364 e. The first kappa shape index (κ1) is 9.64. The number of carbonyl (C=O) groups is 2. The van der Waals surface area contributed by atoms with Crippen molar-refractivity contribution < 1.29 is 9.59 Å². The highest BCUT2D eigenvalue weighted by Gasteiger charge is 2.25. The van der Waals surface area contributed by atoms with Crippen LogP contribution in [0.2, 0.25) is 0 Å². The number of hydrogen-bond acceptors (Lipinski definition) is 3. The molecule has 5 nitrogen and oxygen atoms in total. The first-order valence-corrected chi connectivity index (χ1v) is 4.74. The van der Waals surface area contributed by atoms with E-state index in [9.17, 15) is 9.59 Å². The van der Waals surface area contributed by atoms with Gasteiger partial charge in [0.25, 0.3) is 11.8 Å². The molecular weight excluding hydrogens is 194 g/mol. The van der Waals surface area contributed by atoms with Crippen LogP contribution in [0.1, 0.15) is 33.7 Å². The van der Waals surface area contributed by atoms with Crippen molar-refractivity contribution in [3.8, 4) is 0 Å². The van der Waals surface area contributed by atoms with Crippen LogP contribution in [-0.2, 0) is 0 Å². The molecule has 0 radical (unpaired) electrons. The van der Waals surface area contributed by atoms with E-state index in [1.165, 1.54) is 6.20 Å². The maximum absolute atomic E-state index is 11.7. The smallest absolute Gasteiger partial charge is 0.268 e. The molecular formula is C10H11N3O2. The summed E-state index contributed by atoms with van der Waals surface area (Å²) in [6.45, 7) is 0. The van der Waals surface area contributed by atoms with Crippen molar-refractivity contribution in [1.29, 1.82) is 0 Å². The average Bonchev–Trinajstić information content (AvgIpc) is 3.01. The van der Waals surface area contributed by atoms with Crippen molar-refractivity contribution in [2.75, 3.05) is 0 Å². The molecule has 1 aliphatic rings. The normalized spacial score (nSPS) is 14.7. The number of nitrogens with two attached hydrogens (primary N) is 1. The SMILES string of the molecule is NC(=O)c1ncccc1C(=O)NC1CC1. The Morgan fingerprint density at radius 2 is 2.20 bits per heavy atom. The average molecular weight is 205 g/mol. The lowest BCUT2D eigenvalue weighted by Gasteiger charge is -2.05. The van der Waals surface area contributed by atoms with Crippen molar-refractivity contribution in [2.24, 2.45) is 5.73 Å². The van der Waals surface area contributed by atoms with Crippen molar-refractivity contribution in [3.05, 3.63) is 29.6 Å². The van der Waals surface area contributed by atoms with E-state index in [1.807, 2.05) is 0 Å². The Labute approximate surface area is 86.7 Å². The highest BCUT2D eigenvalue weighted by Crippen LogP contribution is 2.19. The van der Waals surface area contributed by atoms with Crippen LogP contribution >= 0.6 is 0 Å². The molecule has 2 amide bonds. The van der Waals surface area contributed by atoms with Crippen molar-refractivity contribution in [2.45, 2.75) is 18.9 Å². The molecule has 0 aliphatic heterocycles. The zero-order valence-electron chi connectivity index (χ0n) is 8.06. The molecule has 1 heterocycles. The molecule has 0 saturated heterocycles. The Balaban J connectivity index is 2.24. The van der Waals surface area contributed by atoms with Crippen LogP contribution in [-0.4, -0.2) is 22.8 Å². The fourth-order valence-electron chi connectivity index (χ4n) is 1.28. The first-order valence-electron chi connectivity index (χ1n) is 4.74. The second-order valence-corrected chi connectivity index (χ2v) is 3.51. The van der Waals surface area contributed by atoms with Gasteiger partial charge in [-0.3, -0.25) is 14.6 Å². The molecule has 78 valence electrons. The lowest BCUT2D eigenvalue weighted by atomic mass is 10.1. The predicted molar refractivity (Wildman–Crippen MR) is 53.2 cm³/mol. The number of aromatic nitrogens is 1. The number of pyridine rings is 1. The third-order valence-corrected chi connectivity index (χ3v) is 2.20. The number of carbonyl (C=O) groups excluding carboxylic acids is 2. The summed E-state index contributed by atoms with van der Waals surface area (Å²) in [7, 11) is 0. The summed E-state index contributed by atoms with van der Waals surface area (Å²) in [6.07, 6.45) is 3.43. The molecule has 0 bridgehead atoms. The summed E-state index contributed by atoms with van der Waals surface area (Å²) in [5.74, 6) is -0.962. The largest absolute Gasteiger partial charge is 0.364 e. The maximum Gasteiger partial charge on any atom is 0.268 e. The summed E-state index contributed by atoms with van der Waals surface area (Å²) in [5, 5.41) is 2.78. The second kappa shape index (κ2) is 3.68. The minimum absolute atomic E-state index is 0.0238. The summed E-state index contributed by atoms with van der Waals surface area (Å²) < 4.78 is 0. The van der Waals surface area contributed by atoms with Gasteiger partial charge in [0.05, 0.1) is 5.56 Å². The van der Waals surface area contributed by atoms with Gasteiger partial charge in [0.15, 0.2) is 0 Å². The molecule has 2 rings (SSSR count). The van der Waals surface area contributed by atoms with E-state index >= 15 is 0 Å². The number of amides is 2. The summed E-state index contributed by atoms with van der Waals surface area (Å²) >= 11 is 0. The third-order valence-electron chi connectivity index (χ3n) is 2.20. The van der Waals surface area contributed by atoms with Gasteiger partial charge in [-0.15, -0.1) is 0 Å². The topological polar surface area (TPSA) is 85.1 Å². The van der Waals surface area contributed by atoms with Crippen LogP contribution in [0.5, 0.6) is 0 Å². The zero-order chi connectivity index (χ0) is 10.8. The molecule has 3 N–H and O–H groups in total. The molecule has 5 heteroatoms. The Hall–Kier alpha value is -1.91. The fraction of sp³-hybridized carbons (Fsp3) is 0.300. The van der Waals surface area contributed by atoms with E-state index in [-0.39, 0.29) is 23.2 Å². The molecule has 0 aromatic carbocycles. The summed E-state index contributed by atoms with van der Waals surface area (Å²) in [5.41, 5.74) is 5.39. The van der Waals surface area contributed by atoms with Gasteiger partial charge in [0, 0.05) is 12.2 Å². The Morgan fingerprint density at radius 3 is 2.80 bits per heavy atom. The maximum atomic E-state index is 11.7. The van der Waals surface area contributed by atoms with Gasteiger partial charge >= 0.3 is 0 Å². The van der Waals surface area contributed by atoms with Gasteiger partial charge in [0.2, 0.25) is 0 Å². The standard InChI is InChI=1S/C10H11N3O2/c11-9(14)8-7(2-1-5-12-8)10(15)13-6-3-4-6/h1-2,5-6H,3-4H2,(H2,11,14)(H,13,15). The molecule has 0 unspecified atom stereocenters. The molecule has 1 fully saturated rings. The second-order valence-electron chi connectivity index (χ2n) is 3.51. The van der Waals surface area contributed by atoms with E-state index < -0.39 is 5.91 Å². The number of primary amides is 1. The number of nitrogens with zero attached hydrogens (tertiary/aromatic N) is 1. The van der Waals surface area contributed by atoms with E-state index in [0.29, 0.717) is 0 Å². The molecule has 0 atom stereocenters. The van der Waals surface area contributed by atoms with Crippen molar-refractivity contribution >= 4 is 11.8 Å². The quantitative estimate of drug-likeness (QED) is 0.732. The van der Waals surface area contributed by atoms with E-state index in [2.05, 4.69) is 10.3 Å². The highest BCUT2D eigenvalue weighted by atomic mass is 16.2. The van der Waals surface area contributed by atoms with Crippen molar-refractivity contribution in [1.82, 2.24) is 10.3 Å². The van der Waals surface area contributed by atoms with Gasteiger partial charge in [0.1, 0.15) is 5.69 Å². The van der Waals surface area contributed by atoms with Crippen LogP contribution in [0, 0.1) is 0 Å². The fourth-order valence-corrected chi connectivity index (χ4v) is 1.28. The number of rotatable bonds is 3. The molecule has 0 spiro atoms. The number of nitrogens with one attached hydrogen (secondary N) is 1. The summed E-state index contributed by atoms with van der Waals surface area (Å²) in [6, 6.07) is 3.40. The lowest BCUT2D eigenvalue weighted by molar-refractivity contribution is 0.0931. The van der Waals surface area contributed by atoms with Crippen LogP contribution in [0.4, 0.5) is 0 Å². The lowest BCUT2D eigenvalue weighted by Crippen LogP contribution is -2.29. The van der Waals surface area contributed by atoms with Gasteiger partial charge < -0.3 is 11.1 Å². The third kappa shape index (κ3) is 2.12. The van der Waals surface area contributed by atoms with Gasteiger partial charge in [-0.05, 0) is 25.0 Å². The Bertz CT molecular complexity index is 413. The molecule has 15 heavy (non-hydrogen) atoms. The molecule has 1 aromatic rings. The molecule has 1 aliphatic carbocycles. The monoisotopic (exact) mass is 205 g/mol. The highest BCUT2D eigenvalue weighted by molar-refractivity contribution is 6.05. The van der Waals surface area contributed by atoms with E-state index in [1.54, 1.807) is 12.1 Å². The first-order chi connectivity index (χ1) is 7.18.